The van der Waals surface area contributed by atoms with Crippen LogP contribution in [-0.4, -0.2) is 16.5 Å². The number of thiocarbonyl (C=S) groups is 1. The van der Waals surface area contributed by atoms with Gasteiger partial charge in [0.1, 0.15) is 4.99 Å². The van der Waals surface area contributed by atoms with E-state index >= 15 is 0 Å². The average molecular weight is 307 g/mol. The first kappa shape index (κ1) is 14.2. The largest absolute Gasteiger partial charge is 0.389 e. The number of thioether (sulfide) groups is 1. The molecule has 98 valence electrons. The van der Waals surface area contributed by atoms with Crippen molar-refractivity contribution >= 4 is 46.1 Å². The topological polar surface area (TPSA) is 43.1 Å². The summed E-state index contributed by atoms with van der Waals surface area (Å²) in [5.41, 5.74) is 7.66. The zero-order valence-corrected chi connectivity index (χ0v) is 12.6. The average Bonchev–Trinajstić information content (AvgIpc) is 2.93. The molecule has 0 unspecified atom stereocenters. The van der Waals surface area contributed by atoms with Gasteiger partial charge in [0.15, 0.2) is 5.78 Å². The Bertz CT molecular complexity index is 578. The first-order valence-corrected chi connectivity index (χ1v) is 8.15. The summed E-state index contributed by atoms with van der Waals surface area (Å²) in [7, 11) is 0. The van der Waals surface area contributed by atoms with Crippen LogP contribution in [0.2, 0.25) is 0 Å². The van der Waals surface area contributed by atoms with E-state index in [0.29, 0.717) is 10.7 Å². The van der Waals surface area contributed by atoms with E-state index in [1.54, 1.807) is 11.8 Å². The fourth-order valence-electron chi connectivity index (χ4n) is 1.65. The van der Waals surface area contributed by atoms with Crippen LogP contribution >= 0.6 is 35.3 Å². The fourth-order valence-corrected chi connectivity index (χ4v) is 3.52. The minimum absolute atomic E-state index is 0.174. The summed E-state index contributed by atoms with van der Waals surface area (Å²) in [5.74, 6) is 1.39. The molecule has 0 saturated heterocycles. The number of rotatable bonds is 6. The summed E-state index contributed by atoms with van der Waals surface area (Å²) in [4.78, 5) is 13.1. The predicted octanol–water partition coefficient (Wildman–Crippen LogP) is 3.50. The van der Waals surface area contributed by atoms with Crippen molar-refractivity contribution in [1.82, 2.24) is 0 Å². The lowest BCUT2D eigenvalue weighted by Gasteiger charge is -2.07. The van der Waals surface area contributed by atoms with Crippen LogP contribution in [0.25, 0.3) is 0 Å². The van der Waals surface area contributed by atoms with Crippen molar-refractivity contribution in [2.24, 2.45) is 5.73 Å². The molecule has 1 aromatic carbocycles. The third-order valence-electron chi connectivity index (χ3n) is 2.57. The highest BCUT2D eigenvalue weighted by Gasteiger charge is 2.08. The number of nitrogens with two attached hydrogens (primary N) is 1. The van der Waals surface area contributed by atoms with E-state index in [1.165, 1.54) is 11.3 Å². The number of carbonyl (C=O) groups excluding carboxylic acids is 1. The Morgan fingerprint density at radius 2 is 2.05 bits per heavy atom. The molecule has 2 rings (SSSR count). The first-order chi connectivity index (χ1) is 9.18. The Morgan fingerprint density at radius 3 is 2.74 bits per heavy atom. The standard InChI is InChI=1S/C14H13NOS3/c15-14(17)11-5-2-1-4-10(11)8-18-9-12(16)13-6-3-7-19-13/h1-7H,8-9H2,(H2,15,17). The fraction of sp³-hybridized carbons (Fsp3) is 0.143. The van der Waals surface area contributed by atoms with Crippen molar-refractivity contribution in [3.8, 4) is 0 Å². The van der Waals surface area contributed by atoms with E-state index in [1.807, 2.05) is 41.8 Å². The van der Waals surface area contributed by atoms with Crippen LogP contribution in [0.1, 0.15) is 20.8 Å². The normalized spacial score (nSPS) is 10.3. The molecule has 0 bridgehead atoms. The van der Waals surface area contributed by atoms with Crippen molar-refractivity contribution in [3.63, 3.8) is 0 Å². The molecule has 2 aromatic rings. The maximum Gasteiger partial charge on any atom is 0.182 e. The molecular weight excluding hydrogens is 294 g/mol. The molecule has 1 heterocycles. The highest BCUT2D eigenvalue weighted by molar-refractivity contribution is 7.99. The minimum atomic E-state index is 0.174. The number of carbonyl (C=O) groups is 1. The van der Waals surface area contributed by atoms with Gasteiger partial charge in [0.2, 0.25) is 0 Å². The van der Waals surface area contributed by atoms with Gasteiger partial charge in [0, 0.05) is 11.3 Å². The molecule has 0 amide bonds. The molecule has 0 aliphatic heterocycles. The number of hydrogen-bond acceptors (Lipinski definition) is 4. The summed E-state index contributed by atoms with van der Waals surface area (Å²) < 4.78 is 0. The summed E-state index contributed by atoms with van der Waals surface area (Å²) in [6.45, 7) is 0. The molecule has 0 aliphatic rings. The lowest BCUT2D eigenvalue weighted by Crippen LogP contribution is -2.12. The minimum Gasteiger partial charge on any atom is -0.389 e. The summed E-state index contributed by atoms with van der Waals surface area (Å²) in [6, 6.07) is 11.5. The monoisotopic (exact) mass is 307 g/mol. The number of hydrogen-bond donors (Lipinski definition) is 1. The molecule has 1 aromatic heterocycles. The van der Waals surface area contributed by atoms with E-state index in [9.17, 15) is 4.79 Å². The van der Waals surface area contributed by atoms with Crippen LogP contribution in [0.15, 0.2) is 41.8 Å². The number of ketones is 1. The van der Waals surface area contributed by atoms with Gasteiger partial charge in [0.25, 0.3) is 0 Å². The maximum atomic E-state index is 11.9. The molecule has 0 atom stereocenters. The predicted molar refractivity (Wildman–Crippen MR) is 87.1 cm³/mol. The number of Topliss-reactive ketones (excluding diaryl/α,β-unsaturated/α-hetero) is 1. The van der Waals surface area contributed by atoms with E-state index in [2.05, 4.69) is 0 Å². The molecule has 0 aliphatic carbocycles. The zero-order chi connectivity index (χ0) is 13.7. The second-order valence-corrected chi connectivity index (χ2v) is 6.29. The van der Waals surface area contributed by atoms with E-state index in [4.69, 9.17) is 18.0 Å². The van der Waals surface area contributed by atoms with Gasteiger partial charge < -0.3 is 5.73 Å². The molecule has 0 saturated carbocycles. The molecular formula is C14H13NOS3. The Morgan fingerprint density at radius 1 is 1.26 bits per heavy atom. The highest BCUT2D eigenvalue weighted by Crippen LogP contribution is 2.19. The van der Waals surface area contributed by atoms with Crippen LogP contribution in [-0.2, 0) is 5.75 Å². The highest BCUT2D eigenvalue weighted by atomic mass is 32.2. The maximum absolute atomic E-state index is 11.9. The molecule has 0 fully saturated rings. The Kier molecular flexibility index (Phi) is 5.13. The molecule has 0 radical (unpaired) electrons. The van der Waals surface area contributed by atoms with Crippen LogP contribution in [0, 0.1) is 0 Å². The van der Waals surface area contributed by atoms with Gasteiger partial charge in [-0.05, 0) is 17.0 Å². The van der Waals surface area contributed by atoms with Crippen LogP contribution in [0.4, 0.5) is 0 Å². The van der Waals surface area contributed by atoms with Crippen LogP contribution in [0.3, 0.4) is 0 Å². The van der Waals surface area contributed by atoms with Crippen molar-refractivity contribution in [2.45, 2.75) is 5.75 Å². The molecule has 2 nitrogen and oxygen atoms in total. The van der Waals surface area contributed by atoms with Crippen LogP contribution < -0.4 is 5.73 Å². The van der Waals surface area contributed by atoms with Crippen molar-refractivity contribution in [1.29, 1.82) is 0 Å². The Labute approximate surface area is 126 Å². The third-order valence-corrected chi connectivity index (χ3v) is 4.68. The second-order valence-electron chi connectivity index (χ2n) is 3.91. The van der Waals surface area contributed by atoms with Gasteiger partial charge in [-0.1, -0.05) is 42.5 Å². The van der Waals surface area contributed by atoms with E-state index in [-0.39, 0.29) is 5.78 Å². The second kappa shape index (κ2) is 6.84. The lowest BCUT2D eigenvalue weighted by molar-refractivity contribution is 0.102. The number of thiophene rings is 1. The summed E-state index contributed by atoms with van der Waals surface area (Å²) >= 11 is 8.09. The SMILES string of the molecule is NC(=S)c1ccccc1CSCC(=O)c1cccs1. The zero-order valence-electron chi connectivity index (χ0n) is 10.2. The quantitative estimate of drug-likeness (QED) is 0.655. The van der Waals surface area contributed by atoms with Gasteiger partial charge in [-0.2, -0.15) is 0 Å². The molecule has 19 heavy (non-hydrogen) atoms. The van der Waals surface area contributed by atoms with E-state index in [0.717, 1.165) is 21.8 Å². The molecule has 0 spiro atoms. The first-order valence-electron chi connectivity index (χ1n) is 5.70. The van der Waals surface area contributed by atoms with Crippen molar-refractivity contribution in [2.75, 3.05) is 5.75 Å². The van der Waals surface area contributed by atoms with Gasteiger partial charge in [-0.3, -0.25) is 4.79 Å². The van der Waals surface area contributed by atoms with Gasteiger partial charge in [-0.25, -0.2) is 0 Å². The smallest absolute Gasteiger partial charge is 0.182 e. The van der Waals surface area contributed by atoms with Crippen molar-refractivity contribution < 1.29 is 4.79 Å². The summed E-state index contributed by atoms with van der Waals surface area (Å²) in [5, 5.41) is 1.92. The van der Waals surface area contributed by atoms with Crippen LogP contribution in [0.5, 0.6) is 0 Å². The van der Waals surface area contributed by atoms with E-state index < -0.39 is 0 Å². The lowest BCUT2D eigenvalue weighted by atomic mass is 10.1. The molecule has 2 N–H and O–H groups in total. The summed E-state index contributed by atoms with van der Waals surface area (Å²) in [6.07, 6.45) is 0. The van der Waals surface area contributed by atoms with Gasteiger partial charge in [-0.15, -0.1) is 23.1 Å². The molecule has 5 heteroatoms. The Balaban J connectivity index is 1.93. The number of benzene rings is 1. The Hall–Kier alpha value is -1.17. The van der Waals surface area contributed by atoms with Gasteiger partial charge in [0.05, 0.1) is 10.6 Å². The van der Waals surface area contributed by atoms with Gasteiger partial charge >= 0.3 is 0 Å². The van der Waals surface area contributed by atoms with Crippen molar-refractivity contribution in [3.05, 3.63) is 57.8 Å². The third kappa shape index (κ3) is 3.89.